The number of hydrogen-bond acceptors (Lipinski definition) is 3. The van der Waals surface area contributed by atoms with Gasteiger partial charge in [-0.25, -0.2) is 0 Å². The maximum Gasteiger partial charge on any atom is 0.310 e. The first-order valence-corrected chi connectivity index (χ1v) is 7.82. The second-order valence-electron chi connectivity index (χ2n) is 7.05. The molecule has 1 amide bonds. The molecule has 0 radical (unpaired) electrons. The molecule has 1 aromatic carbocycles. The van der Waals surface area contributed by atoms with Crippen molar-refractivity contribution < 1.29 is 19.4 Å². The van der Waals surface area contributed by atoms with Gasteiger partial charge < -0.3 is 14.7 Å². The minimum atomic E-state index is -0.964. The normalized spacial score (nSPS) is 37.5. The second kappa shape index (κ2) is 4.45. The Balaban J connectivity index is 1.64. The van der Waals surface area contributed by atoms with Crippen LogP contribution in [0.15, 0.2) is 36.4 Å². The smallest absolute Gasteiger partial charge is 0.310 e. The Morgan fingerprint density at radius 2 is 2.04 bits per heavy atom. The summed E-state index contributed by atoms with van der Waals surface area (Å²) in [5, 5.41) is 9.58. The topological polar surface area (TPSA) is 66.8 Å². The molecule has 0 saturated carbocycles. The molecule has 4 atom stereocenters. The molecule has 1 spiro atoms. The summed E-state index contributed by atoms with van der Waals surface area (Å²) in [5.41, 5.74) is 0.555. The molecule has 2 bridgehead atoms. The summed E-state index contributed by atoms with van der Waals surface area (Å²) in [6.45, 7) is 4.68. The van der Waals surface area contributed by atoms with Gasteiger partial charge in [-0.15, -0.1) is 0 Å². The number of aliphatic carboxylic acids is 1. The lowest BCUT2D eigenvalue weighted by molar-refractivity contribution is -0.151. The van der Waals surface area contributed by atoms with Gasteiger partial charge in [-0.05, 0) is 19.4 Å². The van der Waals surface area contributed by atoms with Gasteiger partial charge >= 0.3 is 5.97 Å². The number of nitrogens with zero attached hydrogens (tertiary/aromatic N) is 1. The van der Waals surface area contributed by atoms with Crippen LogP contribution in [0.25, 0.3) is 0 Å². The predicted molar refractivity (Wildman–Crippen MR) is 82.6 cm³/mol. The van der Waals surface area contributed by atoms with Crippen LogP contribution in [0.5, 0.6) is 0 Å². The van der Waals surface area contributed by atoms with Gasteiger partial charge in [0.25, 0.3) is 0 Å². The molecular formula is C18H19NO4. The van der Waals surface area contributed by atoms with Crippen molar-refractivity contribution in [2.45, 2.75) is 31.6 Å². The number of carboxylic acid groups (broad SMARTS) is 1. The van der Waals surface area contributed by atoms with Crippen LogP contribution in [0.3, 0.4) is 0 Å². The highest BCUT2D eigenvalue weighted by Crippen LogP contribution is 2.57. The minimum absolute atomic E-state index is 0.119. The number of carboxylic acids is 1. The molecule has 5 nitrogen and oxygen atoms in total. The molecule has 0 unspecified atom stereocenters. The van der Waals surface area contributed by atoms with E-state index in [0.29, 0.717) is 13.1 Å². The first-order valence-electron chi connectivity index (χ1n) is 7.82. The van der Waals surface area contributed by atoms with Gasteiger partial charge in [-0.2, -0.15) is 0 Å². The standard InChI is InChI=1S/C18H19NO4/c1-11-3-5-12(6-4-11)9-19-10-18-8-7-17(2,23-18)14(16(21)22)13(18)15(19)20/h3-8,13-14H,9-10H2,1-2H3,(H,21,22)/t13-,14-,17+,18+/m1/s1. The Hall–Kier alpha value is -2.14. The van der Waals surface area contributed by atoms with E-state index in [1.54, 1.807) is 11.8 Å². The average molecular weight is 313 g/mol. The number of likely N-dealkylation sites (tertiary alicyclic amines) is 1. The maximum absolute atomic E-state index is 12.8. The minimum Gasteiger partial charge on any atom is -0.481 e. The molecular weight excluding hydrogens is 294 g/mol. The van der Waals surface area contributed by atoms with Gasteiger partial charge in [0.2, 0.25) is 5.91 Å². The van der Waals surface area contributed by atoms with E-state index in [1.807, 2.05) is 43.3 Å². The van der Waals surface area contributed by atoms with Crippen LogP contribution < -0.4 is 0 Å². The van der Waals surface area contributed by atoms with Crippen molar-refractivity contribution in [3.63, 3.8) is 0 Å². The zero-order valence-electron chi connectivity index (χ0n) is 13.2. The molecule has 3 aliphatic heterocycles. The number of ether oxygens (including phenoxy) is 1. The van der Waals surface area contributed by atoms with Gasteiger partial charge in [-0.1, -0.05) is 42.0 Å². The second-order valence-corrected chi connectivity index (χ2v) is 7.05. The summed E-state index contributed by atoms with van der Waals surface area (Å²) in [6, 6.07) is 8.02. The molecule has 4 rings (SSSR count). The van der Waals surface area contributed by atoms with E-state index in [9.17, 15) is 14.7 Å². The highest BCUT2D eigenvalue weighted by molar-refractivity contribution is 5.91. The van der Waals surface area contributed by atoms with Crippen molar-refractivity contribution in [1.82, 2.24) is 4.90 Å². The van der Waals surface area contributed by atoms with Crippen molar-refractivity contribution >= 4 is 11.9 Å². The predicted octanol–water partition coefficient (Wildman–Crippen LogP) is 1.75. The van der Waals surface area contributed by atoms with Gasteiger partial charge in [0.05, 0.1) is 18.1 Å². The van der Waals surface area contributed by atoms with E-state index in [4.69, 9.17) is 4.74 Å². The molecule has 3 heterocycles. The largest absolute Gasteiger partial charge is 0.481 e. The van der Waals surface area contributed by atoms with Crippen LogP contribution >= 0.6 is 0 Å². The van der Waals surface area contributed by atoms with E-state index in [2.05, 4.69) is 0 Å². The third kappa shape index (κ3) is 1.89. The molecule has 5 heteroatoms. The van der Waals surface area contributed by atoms with Crippen LogP contribution in [-0.4, -0.2) is 39.6 Å². The zero-order chi connectivity index (χ0) is 16.4. The number of benzene rings is 1. The Kier molecular flexibility index (Phi) is 2.79. The summed E-state index contributed by atoms with van der Waals surface area (Å²) in [7, 11) is 0. The maximum atomic E-state index is 12.8. The molecule has 1 N–H and O–H groups in total. The number of carbonyl (C=O) groups is 2. The van der Waals surface area contributed by atoms with Crippen molar-refractivity contribution in [2.24, 2.45) is 11.8 Å². The highest BCUT2D eigenvalue weighted by Gasteiger charge is 2.71. The number of amides is 1. The summed E-state index contributed by atoms with van der Waals surface area (Å²) in [6.07, 6.45) is 3.70. The van der Waals surface area contributed by atoms with Crippen LogP contribution in [0.4, 0.5) is 0 Å². The van der Waals surface area contributed by atoms with E-state index < -0.39 is 29.0 Å². The molecule has 3 aliphatic rings. The van der Waals surface area contributed by atoms with Crippen molar-refractivity contribution in [1.29, 1.82) is 0 Å². The number of carbonyl (C=O) groups excluding carboxylic acids is 1. The van der Waals surface area contributed by atoms with Crippen LogP contribution in [0, 0.1) is 18.8 Å². The molecule has 0 aliphatic carbocycles. The monoisotopic (exact) mass is 313 g/mol. The lowest BCUT2D eigenvalue weighted by Gasteiger charge is -2.27. The number of aryl methyl sites for hydroxylation is 1. The van der Waals surface area contributed by atoms with Gasteiger partial charge in [0, 0.05) is 6.54 Å². The lowest BCUT2D eigenvalue weighted by Crippen LogP contribution is -2.43. The molecule has 1 aromatic rings. The summed E-state index contributed by atoms with van der Waals surface area (Å²) < 4.78 is 6.05. The number of hydrogen-bond donors (Lipinski definition) is 1. The Morgan fingerprint density at radius 1 is 1.35 bits per heavy atom. The lowest BCUT2D eigenvalue weighted by atomic mass is 9.72. The SMILES string of the molecule is Cc1ccc(CN2C[C@]34C=C[C@](C)(O3)[C@@H](C(=O)O)[C@@H]4C2=O)cc1. The van der Waals surface area contributed by atoms with Gasteiger partial charge in [0.15, 0.2) is 0 Å². The van der Waals surface area contributed by atoms with Crippen molar-refractivity contribution in [3.05, 3.63) is 47.5 Å². The first kappa shape index (κ1) is 14.5. The fraction of sp³-hybridized carbons (Fsp3) is 0.444. The van der Waals surface area contributed by atoms with Crippen molar-refractivity contribution in [2.75, 3.05) is 6.54 Å². The van der Waals surface area contributed by atoms with E-state index in [1.165, 1.54) is 5.56 Å². The summed E-state index contributed by atoms with van der Waals surface area (Å²) >= 11 is 0. The van der Waals surface area contributed by atoms with Gasteiger partial charge in [0.1, 0.15) is 11.5 Å². The van der Waals surface area contributed by atoms with E-state index >= 15 is 0 Å². The number of fused-ring (bicyclic) bond motifs is 1. The van der Waals surface area contributed by atoms with Crippen LogP contribution in [0.2, 0.25) is 0 Å². The fourth-order valence-electron chi connectivity index (χ4n) is 4.27. The molecule has 120 valence electrons. The quantitative estimate of drug-likeness (QED) is 0.863. The highest BCUT2D eigenvalue weighted by atomic mass is 16.5. The average Bonchev–Trinajstić information content (AvgIpc) is 3.04. The molecule has 2 saturated heterocycles. The summed E-state index contributed by atoms with van der Waals surface area (Å²) in [5.74, 6) is -2.52. The van der Waals surface area contributed by atoms with Crippen molar-refractivity contribution in [3.8, 4) is 0 Å². The van der Waals surface area contributed by atoms with Gasteiger partial charge in [-0.3, -0.25) is 9.59 Å². The van der Waals surface area contributed by atoms with Crippen LogP contribution in [-0.2, 0) is 20.9 Å². The molecule has 0 aromatic heterocycles. The third-order valence-corrected chi connectivity index (χ3v) is 5.36. The Labute approximate surface area is 134 Å². The molecule has 23 heavy (non-hydrogen) atoms. The van der Waals surface area contributed by atoms with Crippen LogP contribution in [0.1, 0.15) is 18.1 Å². The zero-order valence-corrected chi connectivity index (χ0v) is 13.2. The Bertz CT molecular complexity index is 725. The number of rotatable bonds is 3. The summed E-state index contributed by atoms with van der Waals surface area (Å²) in [4.78, 5) is 26.3. The van der Waals surface area contributed by atoms with E-state index in [0.717, 1.165) is 5.56 Å². The van der Waals surface area contributed by atoms with E-state index in [-0.39, 0.29) is 5.91 Å². The molecule has 2 fully saturated rings. The fourth-order valence-corrected chi connectivity index (χ4v) is 4.27. The first-order chi connectivity index (χ1) is 10.8. The third-order valence-electron chi connectivity index (χ3n) is 5.36. The Morgan fingerprint density at radius 3 is 2.70 bits per heavy atom.